The van der Waals surface area contributed by atoms with Gasteiger partial charge in [-0.3, -0.25) is 9.59 Å². The Morgan fingerprint density at radius 2 is 1.86 bits per heavy atom. The van der Waals surface area contributed by atoms with Crippen LogP contribution in [-0.4, -0.2) is 35.0 Å². The van der Waals surface area contributed by atoms with E-state index in [2.05, 4.69) is 0 Å². The summed E-state index contributed by atoms with van der Waals surface area (Å²) in [7, 11) is 1.78. The monoisotopic (exact) mass is 199 g/mol. The highest BCUT2D eigenvalue weighted by atomic mass is 16.4. The molecule has 1 aliphatic rings. The Morgan fingerprint density at radius 1 is 1.29 bits per heavy atom. The van der Waals surface area contributed by atoms with Gasteiger partial charge in [0.15, 0.2) is 0 Å². The molecule has 1 fully saturated rings. The highest BCUT2D eigenvalue weighted by molar-refractivity contribution is 5.80. The Labute approximate surface area is 83.9 Å². The van der Waals surface area contributed by atoms with Gasteiger partial charge >= 0.3 is 5.97 Å². The number of aliphatic carboxylic acids is 1. The van der Waals surface area contributed by atoms with Crippen LogP contribution in [0.3, 0.4) is 0 Å². The van der Waals surface area contributed by atoms with Crippen molar-refractivity contribution in [3.05, 3.63) is 0 Å². The Kier molecular flexibility index (Phi) is 3.92. The van der Waals surface area contributed by atoms with E-state index < -0.39 is 5.97 Å². The summed E-state index contributed by atoms with van der Waals surface area (Å²) in [5, 5.41) is 8.44. The van der Waals surface area contributed by atoms with E-state index in [9.17, 15) is 9.59 Å². The second-order valence-electron chi connectivity index (χ2n) is 3.84. The average molecular weight is 199 g/mol. The molecule has 80 valence electrons. The van der Waals surface area contributed by atoms with Gasteiger partial charge in [0, 0.05) is 19.5 Å². The highest BCUT2D eigenvalue weighted by Gasteiger charge is 2.23. The number of amides is 1. The molecule has 0 aliphatic heterocycles. The van der Waals surface area contributed by atoms with Gasteiger partial charge in [0.2, 0.25) is 5.91 Å². The number of rotatable bonds is 4. The lowest BCUT2D eigenvalue weighted by molar-refractivity contribution is -0.141. The number of hydrogen-bond donors (Lipinski definition) is 1. The molecule has 0 saturated heterocycles. The maximum Gasteiger partial charge on any atom is 0.303 e. The Morgan fingerprint density at radius 3 is 2.36 bits per heavy atom. The van der Waals surface area contributed by atoms with Gasteiger partial charge in [-0.05, 0) is 12.8 Å². The Bertz CT molecular complexity index is 221. The van der Waals surface area contributed by atoms with Crippen molar-refractivity contribution in [1.82, 2.24) is 4.90 Å². The summed E-state index contributed by atoms with van der Waals surface area (Å²) < 4.78 is 0. The molecule has 4 nitrogen and oxygen atoms in total. The Hall–Kier alpha value is -1.06. The van der Waals surface area contributed by atoms with Crippen LogP contribution in [0.1, 0.15) is 38.5 Å². The molecule has 0 radical (unpaired) electrons. The van der Waals surface area contributed by atoms with Gasteiger partial charge in [-0.25, -0.2) is 0 Å². The third-order valence-electron chi connectivity index (χ3n) is 2.82. The number of hydrogen-bond acceptors (Lipinski definition) is 2. The van der Waals surface area contributed by atoms with Gasteiger partial charge in [-0.15, -0.1) is 0 Å². The maximum absolute atomic E-state index is 11.5. The summed E-state index contributed by atoms with van der Waals surface area (Å²) >= 11 is 0. The maximum atomic E-state index is 11.5. The van der Waals surface area contributed by atoms with Crippen LogP contribution >= 0.6 is 0 Å². The molecule has 4 heteroatoms. The zero-order valence-corrected chi connectivity index (χ0v) is 8.53. The third kappa shape index (κ3) is 3.01. The summed E-state index contributed by atoms with van der Waals surface area (Å²) in [4.78, 5) is 23.5. The first kappa shape index (κ1) is 11.0. The summed E-state index contributed by atoms with van der Waals surface area (Å²) in [5.41, 5.74) is 0. The van der Waals surface area contributed by atoms with Crippen molar-refractivity contribution in [3.63, 3.8) is 0 Å². The van der Waals surface area contributed by atoms with E-state index in [0.29, 0.717) is 6.04 Å². The van der Waals surface area contributed by atoms with Gasteiger partial charge in [-0.2, -0.15) is 0 Å². The largest absolute Gasteiger partial charge is 0.481 e. The number of carboxylic acid groups (broad SMARTS) is 1. The van der Waals surface area contributed by atoms with E-state index in [1.165, 1.54) is 12.8 Å². The molecular formula is C10H17NO3. The van der Waals surface area contributed by atoms with E-state index in [4.69, 9.17) is 5.11 Å². The first-order valence-corrected chi connectivity index (χ1v) is 5.08. The van der Waals surface area contributed by atoms with Crippen molar-refractivity contribution in [3.8, 4) is 0 Å². The van der Waals surface area contributed by atoms with Gasteiger partial charge in [0.25, 0.3) is 0 Å². The highest BCUT2D eigenvalue weighted by Crippen LogP contribution is 2.22. The molecular weight excluding hydrogens is 182 g/mol. The lowest BCUT2D eigenvalue weighted by Gasteiger charge is -2.23. The van der Waals surface area contributed by atoms with Crippen LogP contribution in [0.2, 0.25) is 0 Å². The number of carbonyl (C=O) groups excluding carboxylic acids is 1. The molecule has 14 heavy (non-hydrogen) atoms. The minimum Gasteiger partial charge on any atom is -0.481 e. The first-order chi connectivity index (χ1) is 6.61. The van der Waals surface area contributed by atoms with Crippen molar-refractivity contribution < 1.29 is 14.7 Å². The molecule has 1 rings (SSSR count). The molecule has 1 amide bonds. The molecule has 0 unspecified atom stereocenters. The fourth-order valence-electron chi connectivity index (χ4n) is 1.89. The summed E-state index contributed by atoms with van der Waals surface area (Å²) in [6.45, 7) is 0. The van der Waals surface area contributed by atoms with Gasteiger partial charge in [0.05, 0.1) is 6.42 Å². The smallest absolute Gasteiger partial charge is 0.303 e. The third-order valence-corrected chi connectivity index (χ3v) is 2.82. The van der Waals surface area contributed by atoms with Crippen LogP contribution < -0.4 is 0 Å². The van der Waals surface area contributed by atoms with Crippen molar-refractivity contribution >= 4 is 11.9 Å². The molecule has 0 aromatic carbocycles. The van der Waals surface area contributed by atoms with E-state index in [0.717, 1.165) is 12.8 Å². The van der Waals surface area contributed by atoms with Crippen LogP contribution in [0.15, 0.2) is 0 Å². The van der Waals surface area contributed by atoms with Crippen LogP contribution in [0, 0.1) is 0 Å². The molecule has 0 aromatic rings. The van der Waals surface area contributed by atoms with E-state index in [-0.39, 0.29) is 18.7 Å². The van der Waals surface area contributed by atoms with Crippen molar-refractivity contribution in [2.45, 2.75) is 44.6 Å². The predicted octanol–water partition coefficient (Wildman–Crippen LogP) is 1.25. The number of carbonyl (C=O) groups is 2. The van der Waals surface area contributed by atoms with E-state index in [1.54, 1.807) is 11.9 Å². The molecule has 0 atom stereocenters. The van der Waals surface area contributed by atoms with Crippen LogP contribution in [0.25, 0.3) is 0 Å². The minimum atomic E-state index is -0.904. The quantitative estimate of drug-likeness (QED) is 0.741. The van der Waals surface area contributed by atoms with Crippen molar-refractivity contribution in [2.24, 2.45) is 0 Å². The lowest BCUT2D eigenvalue weighted by atomic mass is 10.2. The van der Waals surface area contributed by atoms with E-state index in [1.807, 2.05) is 0 Å². The first-order valence-electron chi connectivity index (χ1n) is 5.08. The van der Waals surface area contributed by atoms with Crippen LogP contribution in [0.5, 0.6) is 0 Å². The fourth-order valence-corrected chi connectivity index (χ4v) is 1.89. The number of carboxylic acids is 1. The minimum absolute atomic E-state index is 0.0423. The van der Waals surface area contributed by atoms with Crippen LogP contribution in [0.4, 0.5) is 0 Å². The van der Waals surface area contributed by atoms with Gasteiger partial charge in [-0.1, -0.05) is 12.8 Å². The fraction of sp³-hybridized carbons (Fsp3) is 0.800. The molecule has 0 heterocycles. The zero-order chi connectivity index (χ0) is 10.6. The van der Waals surface area contributed by atoms with Gasteiger partial charge < -0.3 is 10.0 Å². The van der Waals surface area contributed by atoms with Crippen LogP contribution in [-0.2, 0) is 9.59 Å². The molecule has 0 spiro atoms. The predicted molar refractivity (Wildman–Crippen MR) is 51.9 cm³/mol. The summed E-state index contributed by atoms with van der Waals surface area (Å²) in [6, 6.07) is 0.344. The lowest BCUT2D eigenvalue weighted by Crippen LogP contribution is -2.35. The van der Waals surface area contributed by atoms with E-state index >= 15 is 0 Å². The standard InChI is InChI=1S/C10H17NO3/c1-11(8-4-2-3-5-8)9(12)6-7-10(13)14/h8H,2-7H2,1H3,(H,13,14). The number of nitrogens with zero attached hydrogens (tertiary/aromatic N) is 1. The molecule has 1 saturated carbocycles. The zero-order valence-electron chi connectivity index (χ0n) is 8.53. The topological polar surface area (TPSA) is 57.6 Å². The normalized spacial score (nSPS) is 16.9. The molecule has 0 aromatic heterocycles. The summed E-state index contributed by atoms with van der Waals surface area (Å²) in [6.07, 6.45) is 4.56. The van der Waals surface area contributed by atoms with Crippen molar-refractivity contribution in [2.75, 3.05) is 7.05 Å². The van der Waals surface area contributed by atoms with Gasteiger partial charge in [0.1, 0.15) is 0 Å². The average Bonchev–Trinajstić information content (AvgIpc) is 2.65. The summed E-state index contributed by atoms with van der Waals surface area (Å²) in [5.74, 6) is -0.947. The SMILES string of the molecule is CN(C(=O)CCC(=O)O)C1CCCC1. The Balaban J connectivity index is 2.31. The van der Waals surface area contributed by atoms with Crippen molar-refractivity contribution in [1.29, 1.82) is 0 Å². The molecule has 1 aliphatic carbocycles. The molecule has 0 bridgehead atoms. The molecule has 1 N–H and O–H groups in total. The second-order valence-corrected chi connectivity index (χ2v) is 3.84. The second kappa shape index (κ2) is 4.98.